The van der Waals surface area contributed by atoms with Gasteiger partial charge in [0.05, 0.1) is 16.7 Å². The third-order valence-electron chi connectivity index (χ3n) is 4.77. The van der Waals surface area contributed by atoms with E-state index in [0.29, 0.717) is 16.8 Å². The number of hydrogen-bond acceptors (Lipinski definition) is 8. The molecule has 30 heavy (non-hydrogen) atoms. The fourth-order valence-electron chi connectivity index (χ4n) is 3.40. The number of H-pyrrole nitrogens is 1. The molecule has 0 fully saturated rings. The van der Waals surface area contributed by atoms with Crippen molar-refractivity contribution in [2.75, 3.05) is 13.2 Å². The maximum atomic E-state index is 12.8. The molecule has 1 aliphatic rings. The molecule has 0 saturated heterocycles. The Bertz CT molecular complexity index is 1070. The molecule has 3 rings (SSSR count). The SMILES string of the molecule is CC(=O)c1c(C)[nH]c(C(=O)[C@@H](C)OC(=O)c2cc3c(cc2[N+](=O)[O-])OCCO3)c1C. The molecule has 1 atom stereocenters. The van der Waals surface area contributed by atoms with Crippen molar-refractivity contribution in [3.63, 3.8) is 0 Å². The molecular formula is C20H20N2O8. The van der Waals surface area contributed by atoms with Crippen LogP contribution in [0.1, 0.15) is 56.3 Å². The third kappa shape index (κ3) is 3.76. The second-order valence-electron chi connectivity index (χ2n) is 6.86. The van der Waals surface area contributed by atoms with Crippen LogP contribution in [0.3, 0.4) is 0 Å². The highest BCUT2D eigenvalue weighted by atomic mass is 16.6. The number of aryl methyl sites for hydroxylation is 1. The summed E-state index contributed by atoms with van der Waals surface area (Å²) in [5, 5.41) is 11.4. The number of rotatable bonds is 6. The molecule has 1 aromatic heterocycles. The zero-order valence-corrected chi connectivity index (χ0v) is 16.9. The van der Waals surface area contributed by atoms with Crippen molar-refractivity contribution >= 4 is 23.2 Å². The van der Waals surface area contributed by atoms with Crippen molar-refractivity contribution in [2.45, 2.75) is 33.8 Å². The third-order valence-corrected chi connectivity index (χ3v) is 4.77. The zero-order chi connectivity index (χ0) is 22.2. The average Bonchev–Trinajstić information content (AvgIpc) is 3.00. The lowest BCUT2D eigenvalue weighted by Crippen LogP contribution is -2.26. The summed E-state index contributed by atoms with van der Waals surface area (Å²) in [5.41, 5.74) is 0.666. The number of fused-ring (bicyclic) bond motifs is 1. The van der Waals surface area contributed by atoms with Gasteiger partial charge in [0, 0.05) is 17.3 Å². The molecule has 158 valence electrons. The second-order valence-corrected chi connectivity index (χ2v) is 6.86. The van der Waals surface area contributed by atoms with Gasteiger partial charge in [0.15, 0.2) is 23.4 Å². The van der Waals surface area contributed by atoms with Crippen LogP contribution in [0.5, 0.6) is 11.5 Å². The predicted molar refractivity (Wildman–Crippen MR) is 104 cm³/mol. The number of carbonyl (C=O) groups is 3. The summed E-state index contributed by atoms with van der Waals surface area (Å²) in [4.78, 5) is 50.7. The summed E-state index contributed by atoms with van der Waals surface area (Å²) < 4.78 is 15.9. The summed E-state index contributed by atoms with van der Waals surface area (Å²) in [6.45, 7) is 6.49. The van der Waals surface area contributed by atoms with Crippen LogP contribution in [-0.4, -0.2) is 46.8 Å². The van der Waals surface area contributed by atoms with Crippen LogP contribution in [0.25, 0.3) is 0 Å². The van der Waals surface area contributed by atoms with Crippen molar-refractivity contribution in [3.05, 3.63) is 50.3 Å². The van der Waals surface area contributed by atoms with E-state index in [1.165, 1.54) is 19.9 Å². The molecule has 0 spiro atoms. The van der Waals surface area contributed by atoms with Crippen molar-refractivity contribution in [1.82, 2.24) is 4.98 Å². The number of carbonyl (C=O) groups excluding carboxylic acids is 3. The molecule has 0 saturated carbocycles. The van der Waals surface area contributed by atoms with Crippen LogP contribution in [0.15, 0.2) is 12.1 Å². The molecule has 1 aromatic carbocycles. The normalized spacial score (nSPS) is 13.5. The zero-order valence-electron chi connectivity index (χ0n) is 16.9. The Morgan fingerprint density at radius 2 is 1.77 bits per heavy atom. The van der Waals surface area contributed by atoms with Crippen molar-refractivity contribution < 1.29 is 33.5 Å². The largest absolute Gasteiger partial charge is 0.486 e. The minimum absolute atomic E-state index is 0.148. The molecule has 0 bridgehead atoms. The molecule has 10 heteroatoms. The molecule has 1 aliphatic heterocycles. The predicted octanol–water partition coefficient (Wildman–Crippen LogP) is 2.94. The highest BCUT2D eigenvalue weighted by molar-refractivity contribution is 6.06. The number of Topliss-reactive ketones (excluding diaryl/α,β-unsaturated/α-hetero) is 2. The van der Waals surface area contributed by atoms with E-state index >= 15 is 0 Å². The van der Waals surface area contributed by atoms with Gasteiger partial charge in [0.1, 0.15) is 18.8 Å². The molecule has 2 heterocycles. The highest BCUT2D eigenvalue weighted by Gasteiger charge is 2.31. The lowest BCUT2D eigenvalue weighted by atomic mass is 10.0. The van der Waals surface area contributed by atoms with E-state index in [2.05, 4.69) is 4.98 Å². The Morgan fingerprint density at radius 3 is 2.30 bits per heavy atom. The highest BCUT2D eigenvalue weighted by Crippen LogP contribution is 2.37. The molecule has 2 aromatic rings. The van der Waals surface area contributed by atoms with Gasteiger partial charge < -0.3 is 19.2 Å². The number of ether oxygens (including phenoxy) is 3. The smallest absolute Gasteiger partial charge is 0.346 e. The summed E-state index contributed by atoms with van der Waals surface area (Å²) in [6.07, 6.45) is -1.25. The number of hydrogen-bond donors (Lipinski definition) is 1. The van der Waals surface area contributed by atoms with Crippen molar-refractivity contribution in [2.24, 2.45) is 0 Å². The van der Waals surface area contributed by atoms with Gasteiger partial charge in [0.2, 0.25) is 5.78 Å². The fraction of sp³-hybridized carbons (Fsp3) is 0.350. The lowest BCUT2D eigenvalue weighted by molar-refractivity contribution is -0.385. The summed E-state index contributed by atoms with van der Waals surface area (Å²) in [6, 6.07) is 2.26. The Morgan fingerprint density at radius 1 is 1.17 bits per heavy atom. The molecule has 0 unspecified atom stereocenters. The van der Waals surface area contributed by atoms with E-state index < -0.39 is 28.5 Å². The fourth-order valence-corrected chi connectivity index (χ4v) is 3.40. The van der Waals surface area contributed by atoms with Crippen LogP contribution in [-0.2, 0) is 4.74 Å². The quantitative estimate of drug-likeness (QED) is 0.328. The van der Waals surface area contributed by atoms with E-state index in [4.69, 9.17) is 14.2 Å². The Kier molecular flexibility index (Phi) is 5.59. The van der Waals surface area contributed by atoms with Crippen LogP contribution in [0.4, 0.5) is 5.69 Å². The van der Waals surface area contributed by atoms with Gasteiger partial charge in [-0.3, -0.25) is 19.7 Å². The monoisotopic (exact) mass is 416 g/mol. The van der Waals surface area contributed by atoms with Gasteiger partial charge in [-0.2, -0.15) is 0 Å². The first-order valence-electron chi connectivity index (χ1n) is 9.15. The van der Waals surface area contributed by atoms with E-state index in [0.717, 1.165) is 6.07 Å². The van der Waals surface area contributed by atoms with Gasteiger partial charge >= 0.3 is 5.97 Å². The Hall–Kier alpha value is -3.69. The van der Waals surface area contributed by atoms with Gasteiger partial charge in [-0.1, -0.05) is 0 Å². The summed E-state index contributed by atoms with van der Waals surface area (Å²) in [7, 11) is 0. The maximum Gasteiger partial charge on any atom is 0.346 e. The van der Waals surface area contributed by atoms with E-state index in [1.54, 1.807) is 13.8 Å². The van der Waals surface area contributed by atoms with Gasteiger partial charge in [-0.05, 0) is 33.3 Å². The number of aromatic nitrogens is 1. The van der Waals surface area contributed by atoms with Gasteiger partial charge in [-0.15, -0.1) is 0 Å². The minimum Gasteiger partial charge on any atom is -0.486 e. The molecular weight excluding hydrogens is 396 g/mol. The van der Waals surface area contributed by atoms with E-state index in [9.17, 15) is 24.5 Å². The van der Waals surface area contributed by atoms with Crippen LogP contribution >= 0.6 is 0 Å². The number of nitro benzene ring substituents is 1. The van der Waals surface area contributed by atoms with Crippen molar-refractivity contribution in [3.8, 4) is 11.5 Å². The Labute approximate surface area is 171 Å². The summed E-state index contributed by atoms with van der Waals surface area (Å²) in [5.74, 6) is -1.47. The van der Waals surface area contributed by atoms with Crippen molar-refractivity contribution in [1.29, 1.82) is 0 Å². The van der Waals surface area contributed by atoms with Crippen LogP contribution in [0.2, 0.25) is 0 Å². The van der Waals surface area contributed by atoms with Gasteiger partial charge in [-0.25, -0.2) is 4.79 Å². The second kappa shape index (κ2) is 7.97. The van der Waals surface area contributed by atoms with Gasteiger partial charge in [0.25, 0.3) is 5.69 Å². The first-order valence-corrected chi connectivity index (χ1v) is 9.15. The molecule has 1 N–H and O–H groups in total. The topological polar surface area (TPSA) is 138 Å². The molecule has 0 radical (unpaired) electrons. The molecule has 0 aliphatic carbocycles. The Balaban J connectivity index is 1.87. The van der Waals surface area contributed by atoms with Crippen LogP contribution < -0.4 is 9.47 Å². The maximum absolute atomic E-state index is 12.8. The standard InChI is InChI=1S/C20H20N2O8/c1-9-17(11(3)23)10(2)21-18(9)19(24)12(4)30-20(25)13-7-15-16(29-6-5-28-15)8-14(13)22(26)27/h7-8,12,21H,5-6H2,1-4H3/t12-/m1/s1. The van der Waals surface area contributed by atoms with Crippen LogP contribution in [0, 0.1) is 24.0 Å². The number of esters is 1. The number of nitrogens with one attached hydrogen (secondary N) is 1. The number of aromatic amines is 1. The van der Waals surface area contributed by atoms with E-state index in [1.807, 2.05) is 0 Å². The molecule has 0 amide bonds. The number of benzene rings is 1. The first-order chi connectivity index (χ1) is 14.1. The number of ketones is 2. The number of nitrogens with zero attached hydrogens (tertiary/aromatic N) is 1. The molecule has 10 nitrogen and oxygen atoms in total. The number of nitro groups is 1. The lowest BCUT2D eigenvalue weighted by Gasteiger charge is -2.19. The first kappa shape index (κ1) is 21.0. The van der Waals surface area contributed by atoms with E-state index in [-0.39, 0.29) is 41.8 Å². The summed E-state index contributed by atoms with van der Waals surface area (Å²) >= 11 is 0. The average molecular weight is 416 g/mol. The minimum atomic E-state index is -1.25.